The molecular formula is C9H5ClFNO3S. The molecule has 0 aliphatic rings. The van der Waals surface area contributed by atoms with Crippen molar-refractivity contribution in [1.29, 1.82) is 0 Å². The molecule has 1 aromatic heterocycles. The Kier molecular flexibility index (Phi) is 2.69. The Labute approximate surface area is 95.1 Å². The van der Waals surface area contributed by atoms with Crippen LogP contribution in [0, 0.1) is 5.82 Å². The lowest BCUT2D eigenvalue weighted by Crippen LogP contribution is -1.90. The van der Waals surface area contributed by atoms with Crippen LogP contribution in [0.1, 0.15) is 0 Å². The number of hydrogen-bond donors (Lipinski definition) is 0. The molecule has 16 heavy (non-hydrogen) atoms. The Hall–Kier alpha value is -1.40. The number of nitrogens with zero attached hydrogens (tertiary/aromatic N) is 1. The van der Waals surface area contributed by atoms with Crippen LogP contribution in [-0.2, 0) is 9.05 Å². The molecule has 0 unspecified atom stereocenters. The van der Waals surface area contributed by atoms with Crippen molar-refractivity contribution >= 4 is 19.7 Å². The van der Waals surface area contributed by atoms with E-state index >= 15 is 0 Å². The van der Waals surface area contributed by atoms with Crippen LogP contribution in [0.2, 0.25) is 0 Å². The molecule has 84 valence electrons. The Bertz CT molecular complexity index is 623. The second-order valence-corrected chi connectivity index (χ2v) is 5.50. The molecule has 0 bridgehead atoms. The first-order valence-corrected chi connectivity index (χ1v) is 6.45. The van der Waals surface area contributed by atoms with Gasteiger partial charge in [-0.15, -0.1) is 0 Å². The molecule has 0 saturated heterocycles. The van der Waals surface area contributed by atoms with Crippen LogP contribution in [0.5, 0.6) is 0 Å². The summed E-state index contributed by atoms with van der Waals surface area (Å²) in [6.07, 6.45) is 0.975. The number of aromatic nitrogens is 1. The highest BCUT2D eigenvalue weighted by Crippen LogP contribution is 2.29. The van der Waals surface area contributed by atoms with Crippen LogP contribution >= 0.6 is 10.7 Å². The summed E-state index contributed by atoms with van der Waals surface area (Å²) in [5.41, 5.74) is 0.261. The second-order valence-electron chi connectivity index (χ2n) is 2.97. The third-order valence-corrected chi connectivity index (χ3v) is 3.20. The topological polar surface area (TPSA) is 60.2 Å². The smallest absolute Gasteiger partial charge is 0.266 e. The first-order valence-electron chi connectivity index (χ1n) is 4.14. The van der Waals surface area contributed by atoms with Crippen molar-refractivity contribution in [1.82, 2.24) is 5.16 Å². The van der Waals surface area contributed by atoms with Gasteiger partial charge in [-0.2, -0.15) is 0 Å². The Morgan fingerprint density at radius 1 is 1.38 bits per heavy atom. The number of halogens is 2. The van der Waals surface area contributed by atoms with Gasteiger partial charge >= 0.3 is 0 Å². The van der Waals surface area contributed by atoms with Gasteiger partial charge in [0.25, 0.3) is 9.05 Å². The van der Waals surface area contributed by atoms with Gasteiger partial charge in [-0.3, -0.25) is 0 Å². The summed E-state index contributed by atoms with van der Waals surface area (Å²) in [6, 6.07) is 5.29. The Morgan fingerprint density at radius 3 is 2.75 bits per heavy atom. The highest BCUT2D eigenvalue weighted by atomic mass is 35.7. The summed E-state index contributed by atoms with van der Waals surface area (Å²) in [6.45, 7) is 0. The summed E-state index contributed by atoms with van der Waals surface area (Å²) < 4.78 is 40.0. The monoisotopic (exact) mass is 261 g/mol. The number of benzene rings is 1. The summed E-state index contributed by atoms with van der Waals surface area (Å²) in [4.78, 5) is -0.278. The molecule has 0 aliphatic heterocycles. The van der Waals surface area contributed by atoms with Crippen molar-refractivity contribution in [2.24, 2.45) is 0 Å². The fraction of sp³-hybridized carbons (Fsp3) is 0. The molecule has 0 fully saturated rings. The van der Waals surface area contributed by atoms with Gasteiger partial charge in [0.15, 0.2) is 5.76 Å². The quantitative estimate of drug-likeness (QED) is 0.779. The molecule has 0 atom stereocenters. The van der Waals surface area contributed by atoms with Crippen molar-refractivity contribution in [3.63, 3.8) is 0 Å². The van der Waals surface area contributed by atoms with Crippen LogP contribution in [0.15, 0.2) is 39.9 Å². The SMILES string of the molecule is O=S(=O)(Cl)c1cnoc1-c1cccc(F)c1. The van der Waals surface area contributed by atoms with Gasteiger partial charge in [-0.25, -0.2) is 12.8 Å². The van der Waals surface area contributed by atoms with Gasteiger partial charge in [-0.05, 0) is 12.1 Å². The largest absolute Gasteiger partial charge is 0.355 e. The van der Waals surface area contributed by atoms with Gasteiger partial charge in [0, 0.05) is 16.2 Å². The maximum atomic E-state index is 12.9. The molecule has 0 saturated carbocycles. The van der Waals surface area contributed by atoms with E-state index in [-0.39, 0.29) is 16.2 Å². The Balaban J connectivity index is 2.62. The Morgan fingerprint density at radius 2 is 2.12 bits per heavy atom. The van der Waals surface area contributed by atoms with E-state index in [1.54, 1.807) is 0 Å². The second kappa shape index (κ2) is 3.88. The van der Waals surface area contributed by atoms with Crippen LogP contribution in [-0.4, -0.2) is 13.6 Å². The molecule has 0 aliphatic carbocycles. The molecular weight excluding hydrogens is 257 g/mol. The fourth-order valence-corrected chi connectivity index (χ4v) is 2.10. The summed E-state index contributed by atoms with van der Waals surface area (Å²) in [5, 5.41) is 3.33. The average Bonchev–Trinajstić information content (AvgIpc) is 2.65. The minimum absolute atomic E-state index is 0.0745. The van der Waals surface area contributed by atoms with E-state index < -0.39 is 14.9 Å². The van der Waals surface area contributed by atoms with Gasteiger partial charge in [0.2, 0.25) is 0 Å². The fourth-order valence-electron chi connectivity index (χ4n) is 1.23. The van der Waals surface area contributed by atoms with E-state index in [0.29, 0.717) is 0 Å². The maximum absolute atomic E-state index is 12.9. The van der Waals surface area contributed by atoms with Crippen LogP contribution in [0.25, 0.3) is 11.3 Å². The number of rotatable bonds is 2. The van der Waals surface area contributed by atoms with Crippen LogP contribution in [0.4, 0.5) is 4.39 Å². The molecule has 7 heteroatoms. The van der Waals surface area contributed by atoms with E-state index in [9.17, 15) is 12.8 Å². The molecule has 4 nitrogen and oxygen atoms in total. The lowest BCUT2D eigenvalue weighted by molar-refractivity contribution is 0.430. The van der Waals surface area contributed by atoms with E-state index in [1.165, 1.54) is 18.2 Å². The zero-order valence-electron chi connectivity index (χ0n) is 7.72. The van der Waals surface area contributed by atoms with Crippen molar-refractivity contribution in [3.8, 4) is 11.3 Å². The van der Waals surface area contributed by atoms with Gasteiger partial charge in [0.05, 0.1) is 6.20 Å². The van der Waals surface area contributed by atoms with Crippen molar-refractivity contribution in [2.75, 3.05) is 0 Å². The zero-order valence-corrected chi connectivity index (χ0v) is 9.30. The number of hydrogen-bond acceptors (Lipinski definition) is 4. The van der Waals surface area contributed by atoms with Crippen molar-refractivity contribution < 1.29 is 17.3 Å². The zero-order chi connectivity index (χ0) is 11.8. The molecule has 2 aromatic rings. The predicted molar refractivity (Wildman–Crippen MR) is 54.9 cm³/mol. The van der Waals surface area contributed by atoms with Crippen LogP contribution < -0.4 is 0 Å². The van der Waals surface area contributed by atoms with Crippen molar-refractivity contribution in [2.45, 2.75) is 4.90 Å². The predicted octanol–water partition coefficient (Wildman–Crippen LogP) is 2.41. The molecule has 2 rings (SSSR count). The first kappa shape index (κ1) is 11.1. The first-order chi connectivity index (χ1) is 7.48. The lowest BCUT2D eigenvalue weighted by atomic mass is 10.2. The standard InChI is InChI=1S/C9H5ClFNO3S/c10-16(13,14)8-5-12-15-9(8)6-2-1-3-7(11)4-6/h1-5H. The van der Waals surface area contributed by atoms with E-state index in [2.05, 4.69) is 5.16 Å². The summed E-state index contributed by atoms with van der Waals surface area (Å²) in [5.74, 6) is -0.582. The molecule has 0 spiro atoms. The van der Waals surface area contributed by atoms with Gasteiger partial charge in [-0.1, -0.05) is 17.3 Å². The molecule has 0 N–H and O–H groups in total. The summed E-state index contributed by atoms with van der Waals surface area (Å²) in [7, 11) is 1.22. The van der Waals surface area contributed by atoms with E-state index in [1.807, 2.05) is 0 Å². The third-order valence-electron chi connectivity index (χ3n) is 1.89. The van der Waals surface area contributed by atoms with Gasteiger partial charge < -0.3 is 4.52 Å². The lowest BCUT2D eigenvalue weighted by Gasteiger charge is -1.97. The van der Waals surface area contributed by atoms with Crippen LogP contribution in [0.3, 0.4) is 0 Å². The maximum Gasteiger partial charge on any atom is 0.266 e. The highest BCUT2D eigenvalue weighted by molar-refractivity contribution is 8.13. The minimum atomic E-state index is -3.96. The molecule has 0 amide bonds. The van der Waals surface area contributed by atoms with E-state index in [0.717, 1.165) is 12.3 Å². The molecule has 1 aromatic carbocycles. The normalized spacial score (nSPS) is 11.6. The van der Waals surface area contributed by atoms with Gasteiger partial charge in [0.1, 0.15) is 10.7 Å². The summed E-state index contributed by atoms with van der Waals surface area (Å²) >= 11 is 0. The van der Waals surface area contributed by atoms with Crippen molar-refractivity contribution in [3.05, 3.63) is 36.3 Å². The average molecular weight is 262 g/mol. The highest BCUT2D eigenvalue weighted by Gasteiger charge is 2.21. The minimum Gasteiger partial charge on any atom is -0.355 e. The third kappa shape index (κ3) is 2.07. The van der Waals surface area contributed by atoms with E-state index in [4.69, 9.17) is 15.2 Å². The molecule has 1 heterocycles. The molecule has 0 radical (unpaired) electrons.